The van der Waals surface area contributed by atoms with Gasteiger partial charge in [-0.25, -0.2) is 8.78 Å². The summed E-state index contributed by atoms with van der Waals surface area (Å²) >= 11 is 0. The van der Waals surface area contributed by atoms with Crippen molar-refractivity contribution < 1.29 is 17.6 Å². The van der Waals surface area contributed by atoms with Crippen molar-refractivity contribution in [3.63, 3.8) is 0 Å². The second-order valence-corrected chi connectivity index (χ2v) is 1.29. The predicted molar refractivity (Wildman–Crippen MR) is 20.9 cm³/mol. The first-order chi connectivity index (χ1) is 3.66. The minimum Gasteiger partial charge on any atom is -0.248 e. The van der Waals surface area contributed by atoms with Crippen LogP contribution in [0.25, 0.3) is 0 Å². The van der Waals surface area contributed by atoms with Gasteiger partial charge in [-0.2, -0.15) is 8.78 Å². The molecule has 4 heteroatoms. The molecular weight excluding hydrogens is 124 g/mol. The summed E-state index contributed by atoms with van der Waals surface area (Å²) in [4.78, 5) is 0. The summed E-state index contributed by atoms with van der Waals surface area (Å²) < 4.78 is 44.5. The number of halogens is 4. The number of rotatable bonds is 3. The van der Waals surface area contributed by atoms with Gasteiger partial charge in [0.2, 0.25) is 0 Å². The molecule has 0 aromatic carbocycles. The van der Waals surface area contributed by atoms with Crippen molar-refractivity contribution in [1.82, 2.24) is 0 Å². The van der Waals surface area contributed by atoms with Gasteiger partial charge in [0.25, 0.3) is 0 Å². The first-order valence-electron chi connectivity index (χ1n) is 2.03. The minimum atomic E-state index is -2.06. The van der Waals surface area contributed by atoms with Gasteiger partial charge in [-0.3, -0.25) is 0 Å². The quantitative estimate of drug-likeness (QED) is 0.512. The van der Waals surface area contributed by atoms with Crippen LogP contribution in [0, 0.1) is 6.43 Å². The molecule has 0 aromatic heterocycles. The molecule has 0 rings (SSSR count). The zero-order valence-electron chi connectivity index (χ0n) is 4.00. The molecule has 1 atom stereocenters. The van der Waals surface area contributed by atoms with Crippen LogP contribution in [0.1, 0.15) is 6.42 Å². The maximum Gasteiger partial charge on any atom is 0.313 e. The zero-order valence-corrected chi connectivity index (χ0v) is 4.00. The molecule has 0 bridgehead atoms. The fraction of sp³-hybridized carbons (Fsp3) is 0.750. The maximum atomic E-state index is 11.5. The maximum absolute atomic E-state index is 11.5. The van der Waals surface area contributed by atoms with Crippen LogP contribution in [0.4, 0.5) is 17.6 Å². The van der Waals surface area contributed by atoms with E-state index in [2.05, 4.69) is 0 Å². The van der Waals surface area contributed by atoms with Crippen LogP contribution in [-0.2, 0) is 0 Å². The molecule has 0 heterocycles. The van der Waals surface area contributed by atoms with Gasteiger partial charge in [-0.1, -0.05) is 0 Å². The molecule has 1 radical (unpaired) electrons. The van der Waals surface area contributed by atoms with Crippen molar-refractivity contribution in [3.8, 4) is 0 Å². The molecule has 0 aliphatic rings. The van der Waals surface area contributed by atoms with Gasteiger partial charge in [-0.05, 0) is 0 Å². The molecule has 0 fully saturated rings. The molecule has 0 amide bonds. The van der Waals surface area contributed by atoms with E-state index in [4.69, 9.17) is 0 Å². The normalized spacial score (nSPS) is 14.6. The second-order valence-electron chi connectivity index (χ2n) is 1.29. The van der Waals surface area contributed by atoms with Crippen molar-refractivity contribution in [2.24, 2.45) is 0 Å². The Kier molecular flexibility index (Phi) is 3.56. The van der Waals surface area contributed by atoms with Gasteiger partial charge in [0, 0.05) is 0 Å². The average molecular weight is 129 g/mol. The van der Waals surface area contributed by atoms with Gasteiger partial charge in [-0.15, -0.1) is 0 Å². The summed E-state index contributed by atoms with van der Waals surface area (Å²) in [5, 5.41) is 0. The Hall–Kier alpha value is -0.280. The lowest BCUT2D eigenvalue weighted by Crippen LogP contribution is -2.03. The Morgan fingerprint density at radius 1 is 1.38 bits per heavy atom. The highest BCUT2D eigenvalue weighted by molar-refractivity contribution is 4.66. The molecule has 0 aliphatic heterocycles. The van der Waals surface area contributed by atoms with E-state index in [-0.39, 0.29) is 0 Å². The van der Waals surface area contributed by atoms with E-state index >= 15 is 0 Å². The van der Waals surface area contributed by atoms with Gasteiger partial charge in [0.15, 0.2) is 0 Å². The Morgan fingerprint density at radius 2 is 1.88 bits per heavy atom. The average Bonchev–Trinajstić information content (AvgIpc) is 1.65. The topological polar surface area (TPSA) is 0 Å². The molecule has 49 valence electrons. The number of hydrogen-bond donors (Lipinski definition) is 0. The van der Waals surface area contributed by atoms with Gasteiger partial charge >= 0.3 is 6.43 Å². The molecule has 0 spiro atoms. The molecule has 0 saturated heterocycles. The van der Waals surface area contributed by atoms with E-state index in [1.807, 2.05) is 0 Å². The zero-order chi connectivity index (χ0) is 6.57. The van der Waals surface area contributed by atoms with Crippen LogP contribution in [0.2, 0.25) is 0 Å². The third-order valence-electron chi connectivity index (χ3n) is 0.543. The van der Waals surface area contributed by atoms with Crippen LogP contribution in [0.5, 0.6) is 0 Å². The van der Waals surface area contributed by atoms with Crippen LogP contribution >= 0.6 is 0 Å². The largest absolute Gasteiger partial charge is 0.313 e. The molecule has 0 aromatic rings. The van der Waals surface area contributed by atoms with E-state index in [0.717, 1.165) is 0 Å². The molecule has 1 unspecified atom stereocenters. The highest BCUT2D eigenvalue weighted by atomic mass is 19.3. The van der Waals surface area contributed by atoms with Gasteiger partial charge < -0.3 is 0 Å². The molecule has 0 nitrogen and oxygen atoms in total. The van der Waals surface area contributed by atoms with E-state index in [1.165, 1.54) is 0 Å². The monoisotopic (exact) mass is 129 g/mol. The molecule has 8 heavy (non-hydrogen) atoms. The fourth-order valence-corrected chi connectivity index (χ4v) is 0.222. The first-order valence-corrected chi connectivity index (χ1v) is 2.03. The first kappa shape index (κ1) is 7.72. The lowest BCUT2D eigenvalue weighted by Gasteiger charge is -1.97. The fourth-order valence-electron chi connectivity index (χ4n) is 0.222. The van der Waals surface area contributed by atoms with Crippen LogP contribution < -0.4 is 0 Å². The second kappa shape index (κ2) is 3.69. The van der Waals surface area contributed by atoms with Crippen LogP contribution in [-0.4, -0.2) is 12.8 Å². The van der Waals surface area contributed by atoms with Crippen molar-refractivity contribution in [1.29, 1.82) is 0 Å². The Bertz CT molecular complexity index is 54.0. The summed E-state index contributed by atoms with van der Waals surface area (Å²) in [5.74, 6) is 0. The number of alkyl halides is 2. The van der Waals surface area contributed by atoms with E-state index < -0.39 is 25.7 Å². The molecular formula is C4H5F4. The molecule has 0 N–H and O–H groups in total. The Labute approximate surface area is 44.5 Å². The third-order valence-corrected chi connectivity index (χ3v) is 0.543. The summed E-state index contributed by atoms with van der Waals surface area (Å²) in [7, 11) is 0. The highest BCUT2D eigenvalue weighted by Crippen LogP contribution is 2.13. The summed E-state index contributed by atoms with van der Waals surface area (Å²) in [6.07, 6.45) is -5.16. The van der Waals surface area contributed by atoms with Crippen molar-refractivity contribution >= 4 is 0 Å². The van der Waals surface area contributed by atoms with Crippen LogP contribution in [0.15, 0.2) is 0 Å². The van der Waals surface area contributed by atoms with Gasteiger partial charge in [0.1, 0.15) is 12.8 Å². The van der Waals surface area contributed by atoms with Crippen LogP contribution in [0.3, 0.4) is 0 Å². The summed E-state index contributed by atoms with van der Waals surface area (Å²) in [6.45, 7) is -1.34. The lowest BCUT2D eigenvalue weighted by molar-refractivity contribution is 0.179. The summed E-state index contributed by atoms with van der Waals surface area (Å²) in [5.41, 5.74) is 0. The van der Waals surface area contributed by atoms with Crippen molar-refractivity contribution in [3.05, 3.63) is 6.43 Å². The Morgan fingerprint density at radius 3 is 2.00 bits per heavy atom. The Balaban J connectivity index is 3.10. The van der Waals surface area contributed by atoms with Gasteiger partial charge in [0.05, 0.1) is 6.42 Å². The lowest BCUT2D eigenvalue weighted by atomic mass is 10.3. The third kappa shape index (κ3) is 3.89. The van der Waals surface area contributed by atoms with E-state index in [9.17, 15) is 17.6 Å². The standard InChI is InChI=1S/C4H5F4/c5-2-3(6)1-4(7)8/h3H,1-2H2. The molecule has 0 aliphatic carbocycles. The van der Waals surface area contributed by atoms with E-state index in [0.29, 0.717) is 0 Å². The SMILES string of the molecule is FCC(F)C[C](F)F. The molecule has 0 saturated carbocycles. The minimum absolute atomic E-state index is 1.07. The van der Waals surface area contributed by atoms with Crippen molar-refractivity contribution in [2.45, 2.75) is 12.6 Å². The number of hydrogen-bond acceptors (Lipinski definition) is 0. The summed E-state index contributed by atoms with van der Waals surface area (Å²) in [6, 6.07) is 0. The van der Waals surface area contributed by atoms with Crippen molar-refractivity contribution in [2.75, 3.05) is 6.67 Å². The predicted octanol–water partition coefficient (Wildman–Crippen LogP) is 2.11. The smallest absolute Gasteiger partial charge is 0.248 e. The van der Waals surface area contributed by atoms with E-state index in [1.54, 1.807) is 0 Å². The highest BCUT2D eigenvalue weighted by Gasteiger charge is 2.14.